The molecule has 2 heterocycles. The fourth-order valence-electron chi connectivity index (χ4n) is 2.00. The fraction of sp³-hybridized carbons (Fsp3) is 0.200. The summed E-state index contributed by atoms with van der Waals surface area (Å²) in [7, 11) is 0. The molecule has 0 radical (unpaired) electrons. The smallest absolute Gasteiger partial charge is 0.183 e. The van der Waals surface area contributed by atoms with Crippen LogP contribution in [0.3, 0.4) is 0 Å². The molecule has 3 aromatic rings. The van der Waals surface area contributed by atoms with Gasteiger partial charge in [-0.2, -0.15) is 0 Å². The Balaban J connectivity index is 1.73. The molecule has 0 spiro atoms. The zero-order valence-electron chi connectivity index (χ0n) is 11.4. The van der Waals surface area contributed by atoms with Gasteiger partial charge in [-0.3, -0.25) is 0 Å². The van der Waals surface area contributed by atoms with Crippen LogP contribution in [0.4, 0.5) is 5.13 Å². The summed E-state index contributed by atoms with van der Waals surface area (Å²) >= 11 is 3.34. The van der Waals surface area contributed by atoms with E-state index in [1.165, 1.54) is 10.4 Å². The van der Waals surface area contributed by atoms with Gasteiger partial charge in [0.1, 0.15) is 11.4 Å². The molecule has 0 aliphatic heterocycles. The average molecular weight is 301 g/mol. The predicted molar refractivity (Wildman–Crippen MR) is 86.5 cm³/mol. The van der Waals surface area contributed by atoms with Crippen molar-refractivity contribution in [2.45, 2.75) is 20.4 Å². The minimum Gasteiger partial charge on any atom is -0.357 e. The molecular weight excluding hydrogens is 286 g/mol. The van der Waals surface area contributed by atoms with Crippen LogP contribution < -0.4 is 5.32 Å². The number of anilines is 1. The first-order chi connectivity index (χ1) is 9.72. The van der Waals surface area contributed by atoms with E-state index in [2.05, 4.69) is 39.7 Å². The highest BCUT2D eigenvalue weighted by Gasteiger charge is 2.11. The third-order valence-electron chi connectivity index (χ3n) is 2.94. The van der Waals surface area contributed by atoms with E-state index in [1.807, 2.05) is 25.1 Å². The molecule has 20 heavy (non-hydrogen) atoms. The Kier molecular flexibility index (Phi) is 3.80. The van der Waals surface area contributed by atoms with Gasteiger partial charge < -0.3 is 5.32 Å². The molecule has 2 aromatic heterocycles. The van der Waals surface area contributed by atoms with Crippen molar-refractivity contribution >= 4 is 27.8 Å². The van der Waals surface area contributed by atoms with Gasteiger partial charge in [-0.1, -0.05) is 30.3 Å². The van der Waals surface area contributed by atoms with Gasteiger partial charge in [0.05, 0.1) is 5.01 Å². The van der Waals surface area contributed by atoms with E-state index < -0.39 is 0 Å². The number of aryl methyl sites for hydroxylation is 2. The molecule has 0 bridgehead atoms. The van der Waals surface area contributed by atoms with Crippen molar-refractivity contribution in [3.63, 3.8) is 0 Å². The van der Waals surface area contributed by atoms with E-state index in [4.69, 9.17) is 0 Å². The van der Waals surface area contributed by atoms with Crippen LogP contribution >= 0.6 is 22.7 Å². The lowest BCUT2D eigenvalue weighted by Gasteiger charge is -2.01. The van der Waals surface area contributed by atoms with E-state index in [0.29, 0.717) is 0 Å². The summed E-state index contributed by atoms with van der Waals surface area (Å²) < 4.78 is 0. The minimum absolute atomic E-state index is 0.795. The van der Waals surface area contributed by atoms with Crippen LogP contribution in [0.25, 0.3) is 11.4 Å². The van der Waals surface area contributed by atoms with Crippen molar-refractivity contribution in [3.05, 3.63) is 51.2 Å². The Hall–Kier alpha value is -1.72. The maximum absolute atomic E-state index is 4.62. The summed E-state index contributed by atoms with van der Waals surface area (Å²) in [5.41, 5.74) is 3.23. The number of nitrogens with one attached hydrogen (secondary N) is 1. The minimum atomic E-state index is 0.795. The molecule has 5 heteroatoms. The highest BCUT2D eigenvalue weighted by Crippen LogP contribution is 2.29. The summed E-state index contributed by atoms with van der Waals surface area (Å²) in [5, 5.41) is 7.45. The number of aromatic nitrogens is 2. The monoisotopic (exact) mass is 301 g/mol. The molecule has 102 valence electrons. The van der Waals surface area contributed by atoms with Crippen LogP contribution in [0.15, 0.2) is 35.7 Å². The summed E-state index contributed by atoms with van der Waals surface area (Å²) in [6, 6.07) is 10.3. The molecule has 0 amide bonds. The Morgan fingerprint density at radius 1 is 1.10 bits per heavy atom. The number of rotatable bonds is 4. The lowest BCUT2D eigenvalue weighted by molar-refractivity contribution is 1.13. The lowest BCUT2D eigenvalue weighted by Crippen LogP contribution is -1.98. The molecular formula is C15H15N3S2. The van der Waals surface area contributed by atoms with Crippen LogP contribution in [0.2, 0.25) is 0 Å². The molecule has 3 nitrogen and oxygen atoms in total. The molecule has 1 N–H and O–H groups in total. The van der Waals surface area contributed by atoms with E-state index in [1.54, 1.807) is 22.7 Å². The van der Waals surface area contributed by atoms with Crippen LogP contribution in [0.1, 0.15) is 15.4 Å². The molecule has 0 unspecified atom stereocenters. The van der Waals surface area contributed by atoms with Crippen molar-refractivity contribution in [1.29, 1.82) is 0 Å². The molecule has 3 rings (SSSR count). The Morgan fingerprint density at radius 2 is 1.90 bits per heavy atom. The van der Waals surface area contributed by atoms with Gasteiger partial charge in [-0.15, -0.1) is 22.7 Å². The maximum atomic E-state index is 4.62. The van der Waals surface area contributed by atoms with Gasteiger partial charge in [-0.25, -0.2) is 9.97 Å². The number of thiazole rings is 2. The number of hydrogen-bond donors (Lipinski definition) is 1. The fourth-order valence-corrected chi connectivity index (χ4v) is 3.52. The van der Waals surface area contributed by atoms with Crippen LogP contribution in [0, 0.1) is 13.8 Å². The first-order valence-corrected chi connectivity index (χ1v) is 8.10. The highest BCUT2D eigenvalue weighted by atomic mass is 32.1. The second-order valence-corrected chi connectivity index (χ2v) is 6.78. The average Bonchev–Trinajstić information content (AvgIpc) is 3.04. The topological polar surface area (TPSA) is 37.8 Å². The number of hydrogen-bond acceptors (Lipinski definition) is 5. The van der Waals surface area contributed by atoms with Crippen molar-refractivity contribution in [1.82, 2.24) is 9.97 Å². The molecule has 0 atom stereocenters. The molecule has 1 aromatic carbocycles. The third kappa shape index (κ3) is 2.89. The van der Waals surface area contributed by atoms with Gasteiger partial charge in [0.25, 0.3) is 0 Å². The van der Waals surface area contributed by atoms with Gasteiger partial charge in [0.15, 0.2) is 5.13 Å². The largest absolute Gasteiger partial charge is 0.357 e. The van der Waals surface area contributed by atoms with E-state index in [0.717, 1.165) is 28.1 Å². The van der Waals surface area contributed by atoms with Crippen LogP contribution in [-0.2, 0) is 6.54 Å². The molecule has 0 saturated heterocycles. The molecule has 0 aliphatic rings. The second-order valence-electron chi connectivity index (χ2n) is 4.51. The zero-order valence-corrected chi connectivity index (χ0v) is 13.0. The first kappa shape index (κ1) is 13.3. The summed E-state index contributed by atoms with van der Waals surface area (Å²) in [6.45, 7) is 4.92. The SMILES string of the molecule is Cc1nc(-c2csc(NCc3ccccc3)n2)c(C)s1. The van der Waals surface area contributed by atoms with Crippen LogP contribution in [-0.4, -0.2) is 9.97 Å². The van der Waals surface area contributed by atoms with E-state index in [-0.39, 0.29) is 0 Å². The normalized spacial score (nSPS) is 10.7. The quantitative estimate of drug-likeness (QED) is 0.771. The molecule has 0 fully saturated rings. The van der Waals surface area contributed by atoms with Crippen molar-refractivity contribution in [2.75, 3.05) is 5.32 Å². The third-order valence-corrected chi connectivity index (χ3v) is 4.62. The summed E-state index contributed by atoms with van der Waals surface area (Å²) in [5.74, 6) is 0. The second kappa shape index (κ2) is 5.73. The van der Waals surface area contributed by atoms with Gasteiger partial charge in [0, 0.05) is 16.8 Å². The Bertz CT molecular complexity index is 701. The highest BCUT2D eigenvalue weighted by molar-refractivity contribution is 7.14. The van der Waals surface area contributed by atoms with Crippen molar-refractivity contribution in [3.8, 4) is 11.4 Å². The van der Waals surface area contributed by atoms with E-state index in [9.17, 15) is 0 Å². The van der Waals surface area contributed by atoms with Gasteiger partial charge in [0.2, 0.25) is 0 Å². The molecule has 0 saturated carbocycles. The molecule has 0 aliphatic carbocycles. The maximum Gasteiger partial charge on any atom is 0.183 e. The van der Waals surface area contributed by atoms with Crippen LogP contribution in [0.5, 0.6) is 0 Å². The number of nitrogens with zero attached hydrogens (tertiary/aromatic N) is 2. The number of benzene rings is 1. The summed E-state index contributed by atoms with van der Waals surface area (Å²) in [6.07, 6.45) is 0. The predicted octanol–water partition coefficient (Wildman–Crippen LogP) is 4.50. The van der Waals surface area contributed by atoms with Crippen molar-refractivity contribution in [2.24, 2.45) is 0 Å². The van der Waals surface area contributed by atoms with Crippen molar-refractivity contribution < 1.29 is 0 Å². The van der Waals surface area contributed by atoms with Gasteiger partial charge in [-0.05, 0) is 19.4 Å². The standard InChI is InChI=1S/C15H15N3S2/c1-10-14(17-11(2)20-10)13-9-19-15(18-13)16-8-12-6-4-3-5-7-12/h3-7,9H,8H2,1-2H3,(H,16,18). The summed E-state index contributed by atoms with van der Waals surface area (Å²) in [4.78, 5) is 10.4. The first-order valence-electron chi connectivity index (χ1n) is 6.40. The zero-order chi connectivity index (χ0) is 13.9. The Labute approximate surface area is 126 Å². The van der Waals surface area contributed by atoms with Gasteiger partial charge >= 0.3 is 0 Å². The van der Waals surface area contributed by atoms with E-state index >= 15 is 0 Å². The Morgan fingerprint density at radius 3 is 2.60 bits per heavy atom. The lowest BCUT2D eigenvalue weighted by atomic mass is 10.2.